The van der Waals surface area contributed by atoms with E-state index in [9.17, 15) is 19.4 Å². The quantitative estimate of drug-likeness (QED) is 0.173. The second-order valence-corrected chi connectivity index (χ2v) is 12.3. The fourth-order valence-electron chi connectivity index (χ4n) is 5.18. The highest BCUT2D eigenvalue weighted by molar-refractivity contribution is 7.98. The molecule has 1 amide bonds. The summed E-state index contributed by atoms with van der Waals surface area (Å²) in [5.41, 5.74) is 7.23. The molecule has 0 aliphatic heterocycles. The molecule has 210 valence electrons. The van der Waals surface area contributed by atoms with E-state index in [2.05, 4.69) is 15.2 Å². The standard InChI is InChI=1S/C34H21ClFN3O2S2/c1-19-6-9-24(10-7-19)43-39-30-11-8-23(36)16-28(30)32(25-12-13-42-31(25)18-37)33(39)22-5-3-4-21(15-22)27-14-20(2)26(17-29(27)35)34(40)38-41/h3-17H,1-2H3. The average Bonchev–Trinajstić information content (AvgIpc) is 3.60. The number of hydrogen-bond acceptors (Lipinski definition) is 5. The maximum Gasteiger partial charge on any atom is 0.317 e. The fraction of sp³-hybridized carbons (Fsp3) is 0.0588. The summed E-state index contributed by atoms with van der Waals surface area (Å²) in [7, 11) is 0. The highest BCUT2D eigenvalue weighted by Crippen LogP contribution is 2.47. The number of halogens is 2. The Morgan fingerprint density at radius 1 is 0.977 bits per heavy atom. The third kappa shape index (κ3) is 5.28. The van der Waals surface area contributed by atoms with Gasteiger partial charge >= 0.3 is 5.91 Å². The van der Waals surface area contributed by atoms with Crippen molar-refractivity contribution in [2.75, 3.05) is 0 Å². The van der Waals surface area contributed by atoms with Gasteiger partial charge in [-0.3, -0.25) is 8.77 Å². The molecule has 2 heterocycles. The lowest BCUT2D eigenvalue weighted by Gasteiger charge is -2.14. The summed E-state index contributed by atoms with van der Waals surface area (Å²) < 4.78 is 16.9. The van der Waals surface area contributed by atoms with Gasteiger partial charge in [-0.05, 0) is 96.9 Å². The summed E-state index contributed by atoms with van der Waals surface area (Å²) in [6, 6.07) is 28.1. The Bertz CT molecular complexity index is 2110. The van der Waals surface area contributed by atoms with E-state index < -0.39 is 5.91 Å². The first-order chi connectivity index (χ1) is 20.8. The number of carbonyl (C=O) groups excluding carboxylic acids is 1. The van der Waals surface area contributed by atoms with E-state index in [0.29, 0.717) is 26.4 Å². The number of carbonyl (C=O) groups is 1. The topological polar surface area (TPSA) is 75.2 Å². The van der Waals surface area contributed by atoms with Gasteiger partial charge in [0.25, 0.3) is 0 Å². The number of benzene rings is 4. The minimum Gasteiger partial charge on any atom is -0.279 e. The van der Waals surface area contributed by atoms with E-state index in [-0.39, 0.29) is 11.4 Å². The molecule has 0 bridgehead atoms. The number of thiophene rings is 1. The molecule has 0 unspecified atom stereocenters. The van der Waals surface area contributed by atoms with E-state index in [1.54, 1.807) is 19.1 Å². The Kier molecular flexibility index (Phi) is 7.72. The van der Waals surface area contributed by atoms with Crippen LogP contribution in [-0.4, -0.2) is 9.88 Å². The second kappa shape index (κ2) is 11.6. The normalized spacial score (nSPS) is 11.0. The van der Waals surface area contributed by atoms with Gasteiger partial charge < -0.3 is 0 Å². The van der Waals surface area contributed by atoms with Gasteiger partial charge in [0.15, 0.2) is 0 Å². The van der Waals surface area contributed by atoms with Crippen LogP contribution in [0.4, 0.5) is 4.39 Å². The maximum atomic E-state index is 14.8. The van der Waals surface area contributed by atoms with E-state index in [0.717, 1.165) is 43.9 Å². The Balaban J connectivity index is 1.64. The van der Waals surface area contributed by atoms with Crippen LogP contribution >= 0.6 is 34.9 Å². The number of rotatable bonds is 6. The van der Waals surface area contributed by atoms with Crippen molar-refractivity contribution in [2.24, 2.45) is 5.18 Å². The Labute approximate surface area is 260 Å². The van der Waals surface area contributed by atoms with Crippen LogP contribution in [0.1, 0.15) is 26.4 Å². The smallest absolute Gasteiger partial charge is 0.279 e. The maximum absolute atomic E-state index is 14.8. The second-order valence-electron chi connectivity index (χ2n) is 9.98. The zero-order chi connectivity index (χ0) is 30.2. The Morgan fingerprint density at radius 3 is 2.49 bits per heavy atom. The first-order valence-corrected chi connectivity index (χ1v) is 15.2. The molecular weight excluding hydrogens is 601 g/mol. The van der Waals surface area contributed by atoms with Gasteiger partial charge in [-0.2, -0.15) is 5.26 Å². The number of aryl methyl sites for hydroxylation is 2. The van der Waals surface area contributed by atoms with Gasteiger partial charge in [-0.15, -0.1) is 16.2 Å². The van der Waals surface area contributed by atoms with Crippen molar-refractivity contribution in [3.63, 3.8) is 0 Å². The molecule has 2 aromatic heterocycles. The molecule has 0 aliphatic rings. The van der Waals surface area contributed by atoms with Crippen molar-refractivity contribution in [1.29, 1.82) is 5.26 Å². The third-order valence-electron chi connectivity index (χ3n) is 7.21. The minimum absolute atomic E-state index is 0.153. The van der Waals surface area contributed by atoms with Crippen molar-refractivity contribution >= 4 is 51.7 Å². The summed E-state index contributed by atoms with van der Waals surface area (Å²) in [6.45, 7) is 3.76. The van der Waals surface area contributed by atoms with Crippen molar-refractivity contribution in [3.05, 3.63) is 128 Å². The number of nitriles is 1. The molecule has 4 aromatic carbocycles. The van der Waals surface area contributed by atoms with Gasteiger partial charge in [0, 0.05) is 48.3 Å². The van der Waals surface area contributed by atoms with Crippen LogP contribution < -0.4 is 0 Å². The average molecular weight is 622 g/mol. The van der Waals surface area contributed by atoms with E-state index >= 15 is 0 Å². The predicted molar refractivity (Wildman–Crippen MR) is 173 cm³/mol. The Hall–Kier alpha value is -4.55. The monoisotopic (exact) mass is 621 g/mol. The number of amides is 1. The van der Waals surface area contributed by atoms with Crippen LogP contribution in [0.5, 0.6) is 0 Å². The first-order valence-electron chi connectivity index (χ1n) is 13.1. The van der Waals surface area contributed by atoms with Gasteiger partial charge in [0.2, 0.25) is 0 Å². The van der Waals surface area contributed by atoms with Crippen LogP contribution in [0.15, 0.2) is 100 Å². The van der Waals surface area contributed by atoms with E-state index in [1.165, 1.54) is 41.5 Å². The molecule has 0 fully saturated rings. The largest absolute Gasteiger partial charge is 0.317 e. The predicted octanol–water partition coefficient (Wildman–Crippen LogP) is 10.4. The summed E-state index contributed by atoms with van der Waals surface area (Å²) in [4.78, 5) is 24.4. The molecule has 0 radical (unpaired) electrons. The van der Waals surface area contributed by atoms with Crippen LogP contribution in [0.2, 0.25) is 5.02 Å². The number of fused-ring (bicyclic) bond motifs is 1. The number of nitrogens with zero attached hydrogens (tertiary/aromatic N) is 3. The SMILES string of the molecule is Cc1ccc(Sn2c(-c3cccc(-c4cc(C)c(C(=O)N=O)cc4Cl)c3)c(-c3ccsc3C#N)c3cc(F)ccc32)cc1. The molecule has 0 N–H and O–H groups in total. The summed E-state index contributed by atoms with van der Waals surface area (Å²) >= 11 is 9.49. The zero-order valence-electron chi connectivity index (χ0n) is 22.9. The molecule has 5 nitrogen and oxygen atoms in total. The highest BCUT2D eigenvalue weighted by atomic mass is 35.5. The van der Waals surface area contributed by atoms with Gasteiger partial charge in [0.1, 0.15) is 16.8 Å². The van der Waals surface area contributed by atoms with E-state index in [4.69, 9.17) is 11.6 Å². The minimum atomic E-state index is -0.877. The lowest BCUT2D eigenvalue weighted by atomic mass is 9.95. The molecule has 0 saturated heterocycles. The van der Waals surface area contributed by atoms with Crippen LogP contribution in [0.25, 0.3) is 44.4 Å². The number of aromatic nitrogens is 1. The summed E-state index contributed by atoms with van der Waals surface area (Å²) in [5.74, 6) is -1.25. The molecule has 0 aliphatic carbocycles. The molecule has 43 heavy (non-hydrogen) atoms. The lowest BCUT2D eigenvalue weighted by molar-refractivity contribution is 0.1000. The summed E-state index contributed by atoms with van der Waals surface area (Å²) in [6.07, 6.45) is 0. The van der Waals surface area contributed by atoms with Crippen LogP contribution in [0, 0.1) is 35.9 Å². The van der Waals surface area contributed by atoms with Crippen LogP contribution in [-0.2, 0) is 0 Å². The molecule has 0 saturated carbocycles. The molecule has 6 aromatic rings. The summed E-state index contributed by atoms with van der Waals surface area (Å²) in [5, 5.41) is 15.4. The van der Waals surface area contributed by atoms with Crippen molar-refractivity contribution in [2.45, 2.75) is 18.7 Å². The van der Waals surface area contributed by atoms with Gasteiger partial charge in [-0.25, -0.2) is 4.39 Å². The Morgan fingerprint density at radius 2 is 1.74 bits per heavy atom. The molecule has 6 rings (SSSR count). The van der Waals surface area contributed by atoms with Crippen molar-refractivity contribution < 1.29 is 9.18 Å². The van der Waals surface area contributed by atoms with E-state index in [1.807, 2.05) is 66.9 Å². The lowest BCUT2D eigenvalue weighted by Crippen LogP contribution is -1.98. The molecule has 0 atom stereocenters. The first kappa shape index (κ1) is 28.6. The number of hydrogen-bond donors (Lipinski definition) is 0. The third-order valence-corrected chi connectivity index (χ3v) is 9.39. The molecular formula is C34H21ClFN3O2S2. The van der Waals surface area contributed by atoms with Crippen molar-refractivity contribution in [3.8, 4) is 39.6 Å². The fourth-order valence-corrected chi connectivity index (χ4v) is 7.15. The van der Waals surface area contributed by atoms with Gasteiger partial charge in [0.05, 0.1) is 11.2 Å². The molecule has 0 spiro atoms. The highest BCUT2D eigenvalue weighted by Gasteiger charge is 2.25. The number of nitroso groups, excluding NO2 is 1. The zero-order valence-corrected chi connectivity index (χ0v) is 25.3. The van der Waals surface area contributed by atoms with Crippen molar-refractivity contribution in [1.82, 2.24) is 3.97 Å². The van der Waals surface area contributed by atoms with Gasteiger partial charge in [-0.1, -0.05) is 47.5 Å². The van der Waals surface area contributed by atoms with Crippen LogP contribution in [0.3, 0.4) is 0 Å². The molecule has 9 heteroatoms.